The van der Waals surface area contributed by atoms with Crippen LogP contribution in [0.15, 0.2) is 11.1 Å². The van der Waals surface area contributed by atoms with Crippen molar-refractivity contribution >= 4 is 40.6 Å². The summed E-state index contributed by atoms with van der Waals surface area (Å²) in [5.74, 6) is -0.193. The van der Waals surface area contributed by atoms with Crippen molar-refractivity contribution in [1.29, 1.82) is 0 Å². The first kappa shape index (κ1) is 27.7. The third-order valence-corrected chi connectivity index (χ3v) is 7.59. The van der Waals surface area contributed by atoms with Gasteiger partial charge in [0, 0.05) is 6.42 Å². The van der Waals surface area contributed by atoms with Crippen molar-refractivity contribution in [3.05, 3.63) is 16.7 Å². The van der Waals surface area contributed by atoms with Crippen LogP contribution in [0.4, 0.5) is 5.95 Å². The SMILES string of the molecule is [15NH2][13c]1[15n][13c]2[13c]([15n][13cH][15n]2[13C@H]2[13CH2][13C@H](O)[13C@@H]([13CH2]OP(=O)(O)OP(=O)(O)OP(=O)(O)O)O2)[13c](=O)[15nH]1.[Na+]. The zero-order chi connectivity index (χ0) is 23.2. The van der Waals surface area contributed by atoms with Crippen LogP contribution in [0.25, 0.3) is 11.2 Å². The second-order valence-corrected chi connectivity index (χ2v) is 10.5. The third kappa shape index (κ3) is 6.99. The Kier molecular flexibility index (Phi) is 8.66. The van der Waals surface area contributed by atoms with Crippen LogP contribution in [0, 0.1) is 0 Å². The van der Waals surface area contributed by atoms with Gasteiger partial charge in [-0.3, -0.25) is 18.9 Å². The van der Waals surface area contributed by atoms with Gasteiger partial charge < -0.3 is 35.2 Å². The van der Waals surface area contributed by atoms with E-state index in [0.717, 1.165) is 0 Å². The number of nitrogen functional groups attached to an aromatic ring is 1. The number of phosphoric acid groups is 3. The molecular formula is C10H16N5NaO13P3+. The van der Waals surface area contributed by atoms with E-state index in [1.54, 1.807) is 0 Å². The predicted octanol–water partition coefficient (Wildman–Crippen LogP) is -4.30. The van der Waals surface area contributed by atoms with Crippen LogP contribution < -0.4 is 40.9 Å². The van der Waals surface area contributed by atoms with Crippen molar-refractivity contribution < 1.29 is 85.8 Å². The van der Waals surface area contributed by atoms with Crippen LogP contribution in [0.1, 0.15) is 12.6 Å². The summed E-state index contributed by atoms with van der Waals surface area (Å²) in [4.78, 5) is 57.5. The van der Waals surface area contributed by atoms with Crippen LogP contribution in [0.2, 0.25) is 0 Å². The number of aliphatic hydroxyl groups is 1. The predicted molar refractivity (Wildman–Crippen MR) is 96.9 cm³/mol. The minimum Gasteiger partial charge on any atom is -0.390 e. The molecule has 8 N–H and O–H groups in total. The summed E-state index contributed by atoms with van der Waals surface area (Å²) in [6.45, 7) is -0.843. The Hall–Kier alpha value is -0.520. The first-order valence-corrected chi connectivity index (χ1v) is 12.5. The maximum atomic E-state index is 11.8. The molecule has 0 bridgehead atoms. The van der Waals surface area contributed by atoms with E-state index in [9.17, 15) is 28.5 Å². The summed E-state index contributed by atoms with van der Waals surface area (Å²) in [6.07, 6.45) is -2.36. The summed E-state index contributed by atoms with van der Waals surface area (Å²) >= 11 is 0. The quantitative estimate of drug-likeness (QED) is 0.0715. The Morgan fingerprint density at radius 1 is 1.22 bits per heavy atom. The number of aromatic nitrogens is 4. The summed E-state index contributed by atoms with van der Waals surface area (Å²) in [5.41, 5.74) is 4.89. The standard InChI is InChI=1S/C10H16N5O13P3.Na/c11-10-13-8-7(9(17)14-10)12-3-15(8)6-1-4(16)5(26-6)2-25-30(21,22)28-31(23,24)27-29(18,19)20;/h3-6,16H,1-2H2,(H,21,22)(H,23,24)(H2,18,19,20)(H3,11,13,14,17);/q;+1/t4-,5+,6+;/m0./s1/i1+1,2+1,3+1,4+1,5+1,6+1,7+1,8+1,9+1,10+1,11+1,12+1,13+1,14+1,15+1;. The van der Waals surface area contributed by atoms with Gasteiger partial charge in [0.25, 0.3) is 5.56 Å². The minimum atomic E-state index is -5.67. The zero-order valence-electron chi connectivity index (χ0n) is 16.0. The largest absolute Gasteiger partial charge is 1.00 e. The molecule has 1 saturated heterocycles. The fourth-order valence-corrected chi connectivity index (χ4v) is 5.69. The molecule has 5 atom stereocenters. The molecule has 0 aromatic carbocycles. The Morgan fingerprint density at radius 2 is 1.88 bits per heavy atom. The Labute approximate surface area is 199 Å². The summed E-state index contributed by atoms with van der Waals surface area (Å²) in [5, 5.41) is 10.1. The van der Waals surface area contributed by atoms with Gasteiger partial charge in [0.1, 0.15) is 12.3 Å². The van der Waals surface area contributed by atoms with Gasteiger partial charge in [0.2, 0.25) is 5.95 Å². The van der Waals surface area contributed by atoms with Gasteiger partial charge in [-0.1, -0.05) is 0 Å². The van der Waals surface area contributed by atoms with Gasteiger partial charge in [-0.05, 0) is 0 Å². The molecule has 1 fully saturated rings. The third-order valence-electron chi connectivity index (χ3n) is 3.78. The molecule has 2 aromatic rings. The molecule has 0 amide bonds. The number of aromatic amines is 1. The molecular weight excluding hydrogens is 529 g/mol. The first-order chi connectivity index (χ1) is 14.2. The Bertz CT molecular complexity index is 1180. The van der Waals surface area contributed by atoms with Crippen LogP contribution in [-0.2, 0) is 31.6 Å². The van der Waals surface area contributed by atoms with E-state index in [1.165, 1.54) is 10.9 Å². The van der Waals surface area contributed by atoms with E-state index in [1.807, 2.05) is 0 Å². The molecule has 0 aliphatic carbocycles. The molecule has 2 aromatic heterocycles. The van der Waals surface area contributed by atoms with E-state index in [-0.39, 0.29) is 53.1 Å². The summed E-state index contributed by atoms with van der Waals surface area (Å²) in [6, 6.07) is 0. The van der Waals surface area contributed by atoms with Gasteiger partial charge in [0.15, 0.2) is 11.2 Å². The summed E-state index contributed by atoms with van der Waals surface area (Å²) < 4.78 is 52.1. The van der Waals surface area contributed by atoms with Crippen LogP contribution in [-0.4, -0.2) is 63.0 Å². The fourth-order valence-electron chi connectivity index (χ4n) is 2.66. The molecule has 32 heavy (non-hydrogen) atoms. The Morgan fingerprint density at radius 3 is 2.50 bits per heavy atom. The maximum absolute atomic E-state index is 11.8. The molecule has 22 heteroatoms. The van der Waals surface area contributed by atoms with Crippen molar-refractivity contribution in [3.63, 3.8) is 0 Å². The van der Waals surface area contributed by atoms with E-state index in [2.05, 4.69) is 28.1 Å². The van der Waals surface area contributed by atoms with Gasteiger partial charge in [-0.2, -0.15) is 13.6 Å². The number of H-pyrrole nitrogens is 1. The van der Waals surface area contributed by atoms with Crippen molar-refractivity contribution in [1.82, 2.24) is 19.5 Å². The van der Waals surface area contributed by atoms with Crippen LogP contribution >= 0.6 is 23.5 Å². The van der Waals surface area contributed by atoms with Crippen molar-refractivity contribution in [3.8, 4) is 0 Å². The number of ether oxygens (including phenoxy) is 1. The molecule has 18 nitrogen and oxygen atoms in total. The van der Waals surface area contributed by atoms with Crippen molar-refractivity contribution in [2.45, 2.75) is 24.9 Å². The molecule has 1 aliphatic heterocycles. The van der Waals surface area contributed by atoms with E-state index < -0.39 is 54.1 Å². The van der Waals surface area contributed by atoms with Crippen molar-refractivity contribution in [2.75, 3.05) is 12.3 Å². The zero-order valence-corrected chi connectivity index (χ0v) is 20.7. The van der Waals surface area contributed by atoms with Crippen LogP contribution in [0.3, 0.4) is 0 Å². The monoisotopic (exact) mass is 545 g/mol. The van der Waals surface area contributed by atoms with Gasteiger partial charge in [0.05, 0.1) is 19.0 Å². The minimum absolute atomic E-state index is 0. The smallest absolute Gasteiger partial charge is 0.390 e. The van der Waals surface area contributed by atoms with Gasteiger partial charge in [-0.25, -0.2) is 18.7 Å². The molecule has 0 spiro atoms. The number of nitrogens with one attached hydrogen (secondary N) is 1. The van der Waals surface area contributed by atoms with E-state index in [4.69, 9.17) is 25.2 Å². The molecule has 0 saturated carbocycles. The fraction of sp³-hybridized carbons (Fsp3) is 0.500. The van der Waals surface area contributed by atoms with Crippen LogP contribution in [0.5, 0.6) is 0 Å². The number of imidazole rings is 1. The molecule has 2 unspecified atom stereocenters. The molecule has 1 aliphatic rings. The number of fused-ring (bicyclic) bond motifs is 1. The van der Waals surface area contributed by atoms with Crippen molar-refractivity contribution in [2.24, 2.45) is 0 Å². The number of rotatable bonds is 8. The average Bonchev–Trinajstić information content (AvgIpc) is 3.13. The molecule has 0 radical (unpaired) electrons. The normalized spacial score (nSPS) is 25.2. The molecule has 3 rings (SSSR count). The summed E-state index contributed by atoms with van der Waals surface area (Å²) in [7, 11) is -16.6. The maximum Gasteiger partial charge on any atom is 1.00 e. The number of phosphoric ester groups is 1. The van der Waals surface area contributed by atoms with Gasteiger partial charge >= 0.3 is 53.0 Å². The number of nitrogens with zero attached hydrogens (tertiary/aromatic N) is 3. The topological polar surface area (TPSA) is 279 Å². The van der Waals surface area contributed by atoms with Gasteiger partial charge in [-0.15, -0.1) is 0 Å². The van der Waals surface area contributed by atoms with E-state index in [0.29, 0.717) is 0 Å². The second kappa shape index (κ2) is 10.00. The number of aliphatic hydroxyl groups excluding tert-OH is 1. The Balaban J connectivity index is 0.00000363. The second-order valence-electron chi connectivity index (χ2n) is 6.09. The molecule has 3 heterocycles. The average molecular weight is 545 g/mol. The number of anilines is 1. The first-order valence-electron chi connectivity index (χ1n) is 8.00. The number of hydrogen-bond acceptors (Lipinski definition) is 12. The number of nitrogens with two attached hydrogens (primary N) is 1. The number of hydrogen-bond donors (Lipinski definition) is 7. The molecule has 174 valence electrons. The van der Waals surface area contributed by atoms with E-state index >= 15 is 0 Å².